The van der Waals surface area contributed by atoms with Crippen molar-refractivity contribution < 1.29 is 9.53 Å². The monoisotopic (exact) mass is 346 g/mol. The van der Waals surface area contributed by atoms with E-state index < -0.39 is 23.1 Å². The van der Waals surface area contributed by atoms with Crippen molar-refractivity contribution in [1.29, 1.82) is 0 Å². The van der Waals surface area contributed by atoms with Crippen LogP contribution >= 0.6 is 0 Å². The first-order valence-corrected chi connectivity index (χ1v) is 7.87. The van der Waals surface area contributed by atoms with Gasteiger partial charge in [0.15, 0.2) is 5.78 Å². The van der Waals surface area contributed by atoms with E-state index in [0.717, 1.165) is 14.9 Å². The van der Waals surface area contributed by atoms with Crippen molar-refractivity contribution >= 4 is 17.3 Å². The Hall–Kier alpha value is -3.03. The predicted molar refractivity (Wildman–Crippen MR) is 96.4 cm³/mol. The van der Waals surface area contributed by atoms with Gasteiger partial charge in [-0.3, -0.25) is 18.7 Å². The van der Waals surface area contributed by atoms with E-state index in [1.54, 1.807) is 31.2 Å². The second-order valence-electron chi connectivity index (χ2n) is 5.65. The molecule has 2 aromatic rings. The van der Waals surface area contributed by atoms with E-state index in [4.69, 9.17) is 10.5 Å². The van der Waals surface area contributed by atoms with Gasteiger partial charge in [0.25, 0.3) is 5.56 Å². The number of nitrogens with two attached hydrogens (primary N) is 1. The van der Waals surface area contributed by atoms with Crippen LogP contribution in [0.25, 0.3) is 0 Å². The van der Waals surface area contributed by atoms with Crippen LogP contribution < -0.4 is 27.0 Å². The lowest BCUT2D eigenvalue weighted by atomic mass is 10.1. The van der Waals surface area contributed by atoms with Gasteiger partial charge in [-0.05, 0) is 38.1 Å². The molecule has 0 spiro atoms. The Morgan fingerprint density at radius 1 is 1.20 bits per heavy atom. The van der Waals surface area contributed by atoms with Gasteiger partial charge in [-0.15, -0.1) is 0 Å². The van der Waals surface area contributed by atoms with Gasteiger partial charge in [-0.25, -0.2) is 4.79 Å². The van der Waals surface area contributed by atoms with Crippen LogP contribution in [0.4, 0.5) is 11.5 Å². The van der Waals surface area contributed by atoms with Crippen molar-refractivity contribution in [3.63, 3.8) is 0 Å². The van der Waals surface area contributed by atoms with E-state index in [9.17, 15) is 14.4 Å². The van der Waals surface area contributed by atoms with Gasteiger partial charge < -0.3 is 15.8 Å². The van der Waals surface area contributed by atoms with Crippen molar-refractivity contribution in [3.05, 3.63) is 50.7 Å². The molecular formula is C17H22N4O4. The van der Waals surface area contributed by atoms with Crippen molar-refractivity contribution in [2.75, 3.05) is 17.7 Å². The Labute approximate surface area is 144 Å². The summed E-state index contributed by atoms with van der Waals surface area (Å²) in [6.07, 6.45) is 0. The molecule has 1 aromatic heterocycles. The molecule has 0 aliphatic rings. The average molecular weight is 346 g/mol. The summed E-state index contributed by atoms with van der Waals surface area (Å²) in [6.45, 7) is 4.09. The van der Waals surface area contributed by atoms with Gasteiger partial charge >= 0.3 is 5.69 Å². The molecular weight excluding hydrogens is 324 g/mol. The zero-order chi connectivity index (χ0) is 18.7. The number of hydrogen-bond acceptors (Lipinski definition) is 6. The van der Waals surface area contributed by atoms with Crippen molar-refractivity contribution in [1.82, 2.24) is 9.13 Å². The number of rotatable bonds is 6. The number of aromatic nitrogens is 2. The standard InChI is InChI=1S/C17H22N4O4/c1-5-25-12-8-6-11(7-9-12)19-10(2)14(22)13-15(18)20(3)17(24)21(4)16(13)23/h6-10,19H,5,18H2,1-4H3/t10-/m1/s1. The molecule has 0 unspecified atom stereocenters. The van der Waals surface area contributed by atoms with Crippen molar-refractivity contribution in [2.24, 2.45) is 14.1 Å². The van der Waals surface area contributed by atoms with E-state index in [1.165, 1.54) is 14.1 Å². The molecule has 0 saturated carbocycles. The number of nitrogen functional groups attached to an aromatic ring is 1. The number of ether oxygens (including phenoxy) is 1. The van der Waals surface area contributed by atoms with Crippen molar-refractivity contribution in [3.8, 4) is 5.75 Å². The predicted octanol–water partition coefficient (Wildman–Crippen LogP) is 0.748. The Kier molecular flexibility index (Phi) is 5.31. The van der Waals surface area contributed by atoms with Crippen LogP contribution in [0.2, 0.25) is 0 Å². The summed E-state index contributed by atoms with van der Waals surface area (Å²) in [6, 6.07) is 6.41. The number of nitrogens with zero attached hydrogens (tertiary/aromatic N) is 2. The molecule has 25 heavy (non-hydrogen) atoms. The Balaban J connectivity index is 2.29. The summed E-state index contributed by atoms with van der Waals surface area (Å²) < 4.78 is 7.31. The summed E-state index contributed by atoms with van der Waals surface area (Å²) in [7, 11) is 2.73. The quantitative estimate of drug-likeness (QED) is 0.747. The zero-order valence-corrected chi connectivity index (χ0v) is 14.7. The lowest BCUT2D eigenvalue weighted by Crippen LogP contribution is -2.43. The van der Waals surface area contributed by atoms with Crippen LogP contribution in [-0.4, -0.2) is 27.6 Å². The van der Waals surface area contributed by atoms with Crippen LogP contribution in [0.1, 0.15) is 24.2 Å². The number of ketones is 1. The summed E-state index contributed by atoms with van der Waals surface area (Å²) >= 11 is 0. The van der Waals surface area contributed by atoms with Gasteiger partial charge in [-0.1, -0.05) is 0 Å². The lowest BCUT2D eigenvalue weighted by molar-refractivity contribution is 0.0973. The summed E-state index contributed by atoms with van der Waals surface area (Å²) in [5.74, 6) is 0.101. The number of anilines is 2. The molecule has 8 heteroatoms. The third kappa shape index (κ3) is 3.57. The molecule has 134 valence electrons. The SMILES string of the molecule is CCOc1ccc(N[C@H](C)C(=O)c2c(N)n(C)c(=O)n(C)c2=O)cc1. The molecule has 1 aromatic carbocycles. The van der Waals surface area contributed by atoms with E-state index in [-0.39, 0.29) is 11.4 Å². The molecule has 8 nitrogen and oxygen atoms in total. The number of carbonyl (C=O) groups is 1. The number of Topliss-reactive ketones (excluding diaryl/α,β-unsaturated/α-hetero) is 1. The van der Waals surface area contributed by atoms with E-state index in [2.05, 4.69) is 5.32 Å². The molecule has 1 heterocycles. The van der Waals surface area contributed by atoms with Crippen molar-refractivity contribution in [2.45, 2.75) is 19.9 Å². The van der Waals surface area contributed by atoms with Crippen LogP contribution in [-0.2, 0) is 14.1 Å². The number of nitrogens with one attached hydrogen (secondary N) is 1. The Bertz CT molecular complexity index is 897. The molecule has 0 aliphatic carbocycles. The third-order valence-corrected chi connectivity index (χ3v) is 3.90. The Morgan fingerprint density at radius 3 is 2.36 bits per heavy atom. The first-order chi connectivity index (χ1) is 11.8. The maximum Gasteiger partial charge on any atom is 0.332 e. The highest BCUT2D eigenvalue weighted by Crippen LogP contribution is 2.17. The lowest BCUT2D eigenvalue weighted by Gasteiger charge is -2.17. The topological polar surface area (TPSA) is 108 Å². The minimum atomic E-state index is -0.703. The zero-order valence-electron chi connectivity index (χ0n) is 14.7. The summed E-state index contributed by atoms with van der Waals surface area (Å²) in [5.41, 5.74) is 5.04. The van der Waals surface area contributed by atoms with Gasteiger partial charge in [0.05, 0.1) is 12.6 Å². The first-order valence-electron chi connectivity index (χ1n) is 7.87. The fraction of sp³-hybridized carbons (Fsp3) is 0.353. The average Bonchev–Trinajstić information content (AvgIpc) is 2.60. The summed E-state index contributed by atoms with van der Waals surface area (Å²) in [5, 5.41) is 3.02. The third-order valence-electron chi connectivity index (χ3n) is 3.90. The van der Waals surface area contributed by atoms with Gasteiger partial charge in [0.2, 0.25) is 0 Å². The minimum absolute atomic E-state index is 0.140. The number of carbonyl (C=O) groups excluding carboxylic acids is 1. The Morgan fingerprint density at radius 2 is 1.80 bits per heavy atom. The summed E-state index contributed by atoms with van der Waals surface area (Å²) in [4.78, 5) is 36.8. The molecule has 1 atom stereocenters. The van der Waals surface area contributed by atoms with Gasteiger partial charge in [-0.2, -0.15) is 0 Å². The fourth-order valence-corrected chi connectivity index (χ4v) is 2.44. The molecule has 2 rings (SSSR count). The van der Waals surface area contributed by atoms with E-state index >= 15 is 0 Å². The highest BCUT2D eigenvalue weighted by molar-refractivity contribution is 6.04. The van der Waals surface area contributed by atoms with Crippen LogP contribution in [0.5, 0.6) is 5.75 Å². The van der Waals surface area contributed by atoms with E-state index in [0.29, 0.717) is 12.3 Å². The highest BCUT2D eigenvalue weighted by Gasteiger charge is 2.24. The minimum Gasteiger partial charge on any atom is -0.494 e. The molecule has 0 fully saturated rings. The maximum absolute atomic E-state index is 12.7. The second kappa shape index (κ2) is 7.25. The van der Waals surface area contributed by atoms with Gasteiger partial charge in [0, 0.05) is 19.8 Å². The largest absolute Gasteiger partial charge is 0.494 e. The van der Waals surface area contributed by atoms with Gasteiger partial charge in [0.1, 0.15) is 17.1 Å². The molecule has 0 aliphatic heterocycles. The molecule has 0 saturated heterocycles. The number of benzene rings is 1. The van der Waals surface area contributed by atoms with Crippen LogP contribution in [0.3, 0.4) is 0 Å². The molecule has 0 amide bonds. The normalized spacial score (nSPS) is 11.8. The van der Waals surface area contributed by atoms with E-state index in [1.807, 2.05) is 6.92 Å². The maximum atomic E-state index is 12.7. The fourth-order valence-electron chi connectivity index (χ4n) is 2.44. The number of hydrogen-bond donors (Lipinski definition) is 2. The van der Waals surface area contributed by atoms with Crippen LogP contribution in [0.15, 0.2) is 33.9 Å². The van der Waals surface area contributed by atoms with Crippen LogP contribution in [0, 0.1) is 0 Å². The molecule has 0 radical (unpaired) electrons. The second-order valence-corrected chi connectivity index (χ2v) is 5.65. The molecule has 3 N–H and O–H groups in total. The first kappa shape index (κ1) is 18.3. The smallest absolute Gasteiger partial charge is 0.332 e. The molecule has 0 bridgehead atoms. The highest BCUT2D eigenvalue weighted by atomic mass is 16.5.